The Bertz CT molecular complexity index is 721. The van der Waals surface area contributed by atoms with Crippen LogP contribution in [0.15, 0.2) is 48.5 Å². The molecule has 2 aromatic rings. The summed E-state index contributed by atoms with van der Waals surface area (Å²) in [7, 11) is 0. The Morgan fingerprint density at radius 3 is 2.00 bits per heavy atom. The highest BCUT2D eigenvalue weighted by Crippen LogP contribution is 2.51. The summed E-state index contributed by atoms with van der Waals surface area (Å²) in [6.07, 6.45) is 0.679. The maximum absolute atomic E-state index is 13.3. The fraction of sp³-hybridized carbons (Fsp3) is 0.409. The Hall–Kier alpha value is -2.13. The van der Waals surface area contributed by atoms with Gasteiger partial charge in [-0.15, -0.1) is 0 Å². The number of carbonyl (C=O) groups excluding carboxylic acids is 1. The van der Waals surface area contributed by atoms with Crippen LogP contribution in [-0.4, -0.2) is 24.7 Å². The van der Waals surface area contributed by atoms with E-state index in [0.29, 0.717) is 19.1 Å². The molecule has 0 aromatic heterocycles. The van der Waals surface area contributed by atoms with Crippen molar-refractivity contribution in [1.29, 1.82) is 0 Å². The first-order valence-electron chi connectivity index (χ1n) is 9.13. The highest BCUT2D eigenvalue weighted by Gasteiger charge is 2.50. The van der Waals surface area contributed by atoms with Crippen LogP contribution in [0.1, 0.15) is 45.2 Å². The highest BCUT2D eigenvalue weighted by atomic mass is 16.5. The van der Waals surface area contributed by atoms with Gasteiger partial charge in [0, 0.05) is 12.1 Å². The van der Waals surface area contributed by atoms with Gasteiger partial charge < -0.3 is 10.1 Å². The monoisotopic (exact) mass is 337 g/mol. The van der Waals surface area contributed by atoms with Crippen molar-refractivity contribution in [3.8, 4) is 11.1 Å². The predicted octanol–water partition coefficient (Wildman–Crippen LogP) is 4.29. The first-order valence-corrected chi connectivity index (χ1v) is 9.13. The van der Waals surface area contributed by atoms with Crippen LogP contribution in [0, 0.1) is 0 Å². The number of rotatable bonds is 6. The second-order valence-electron chi connectivity index (χ2n) is 7.14. The SMILES string of the molecule is CCOC(=O)C1(CC(C)NC(C)C)c2ccccc2-c2ccccc21. The number of hydrogen-bond acceptors (Lipinski definition) is 3. The predicted molar refractivity (Wildman–Crippen MR) is 102 cm³/mol. The normalized spacial score (nSPS) is 15.6. The molecule has 0 bridgehead atoms. The van der Waals surface area contributed by atoms with E-state index in [1.807, 2.05) is 31.2 Å². The Kier molecular flexibility index (Phi) is 4.96. The molecule has 3 rings (SSSR count). The van der Waals surface area contributed by atoms with Gasteiger partial charge in [-0.05, 0) is 42.5 Å². The molecule has 1 unspecified atom stereocenters. The average Bonchev–Trinajstić information content (AvgIpc) is 2.86. The van der Waals surface area contributed by atoms with E-state index in [1.54, 1.807) is 0 Å². The molecule has 1 atom stereocenters. The van der Waals surface area contributed by atoms with Gasteiger partial charge in [0.1, 0.15) is 5.41 Å². The summed E-state index contributed by atoms with van der Waals surface area (Å²) in [6, 6.07) is 17.0. The Morgan fingerprint density at radius 2 is 1.52 bits per heavy atom. The summed E-state index contributed by atoms with van der Waals surface area (Å²) in [4.78, 5) is 13.3. The number of carbonyl (C=O) groups is 1. The first-order chi connectivity index (χ1) is 12.0. The highest BCUT2D eigenvalue weighted by molar-refractivity contribution is 5.98. The molecule has 2 aromatic carbocycles. The number of nitrogens with one attached hydrogen (secondary N) is 1. The summed E-state index contributed by atoms with van der Waals surface area (Å²) in [5, 5.41) is 3.55. The first kappa shape index (κ1) is 17.7. The molecule has 0 aliphatic heterocycles. The lowest BCUT2D eigenvalue weighted by molar-refractivity contribution is -0.148. The topological polar surface area (TPSA) is 38.3 Å². The average molecular weight is 337 g/mol. The molecule has 0 radical (unpaired) electrons. The smallest absolute Gasteiger partial charge is 0.321 e. The van der Waals surface area contributed by atoms with Crippen LogP contribution in [0.25, 0.3) is 11.1 Å². The maximum atomic E-state index is 13.3. The fourth-order valence-corrected chi connectivity index (χ4v) is 4.19. The largest absolute Gasteiger partial charge is 0.465 e. The van der Waals surface area contributed by atoms with Gasteiger partial charge in [-0.1, -0.05) is 62.4 Å². The summed E-state index contributed by atoms with van der Waals surface area (Å²) < 4.78 is 5.58. The van der Waals surface area contributed by atoms with Crippen LogP contribution < -0.4 is 5.32 Å². The molecule has 0 fully saturated rings. The molecule has 1 aliphatic rings. The van der Waals surface area contributed by atoms with Crippen molar-refractivity contribution in [2.45, 2.75) is 51.6 Å². The number of benzene rings is 2. The van der Waals surface area contributed by atoms with E-state index in [1.165, 1.54) is 0 Å². The summed E-state index contributed by atoms with van der Waals surface area (Å²) in [5.41, 5.74) is 3.66. The molecule has 25 heavy (non-hydrogen) atoms. The quantitative estimate of drug-likeness (QED) is 0.799. The van der Waals surface area contributed by atoms with Gasteiger partial charge in [0.25, 0.3) is 0 Å². The van der Waals surface area contributed by atoms with Crippen LogP contribution in [0.2, 0.25) is 0 Å². The standard InChI is InChI=1S/C22H27NO2/c1-5-25-21(24)22(14-16(4)23-15(2)3)19-12-8-6-10-17(19)18-11-7-9-13-20(18)22/h6-13,15-16,23H,5,14H2,1-4H3. The minimum absolute atomic E-state index is 0.148. The fourth-order valence-electron chi connectivity index (χ4n) is 4.19. The molecular formula is C22H27NO2. The summed E-state index contributed by atoms with van der Waals surface area (Å²) in [5.74, 6) is -0.148. The van der Waals surface area contributed by atoms with Crippen LogP contribution in [0.5, 0.6) is 0 Å². The lowest BCUT2D eigenvalue weighted by atomic mass is 9.73. The molecule has 3 nitrogen and oxygen atoms in total. The molecule has 132 valence electrons. The molecular weight excluding hydrogens is 310 g/mol. The molecule has 0 saturated carbocycles. The van der Waals surface area contributed by atoms with Gasteiger partial charge in [0.2, 0.25) is 0 Å². The third-order valence-electron chi connectivity index (χ3n) is 4.92. The van der Waals surface area contributed by atoms with E-state index in [0.717, 1.165) is 22.3 Å². The number of fused-ring (bicyclic) bond motifs is 3. The van der Waals surface area contributed by atoms with Gasteiger partial charge in [0.05, 0.1) is 6.61 Å². The van der Waals surface area contributed by atoms with Crippen LogP contribution in [0.3, 0.4) is 0 Å². The Balaban J connectivity index is 2.18. The molecule has 1 aliphatic carbocycles. The van der Waals surface area contributed by atoms with Gasteiger partial charge >= 0.3 is 5.97 Å². The zero-order valence-corrected chi connectivity index (χ0v) is 15.5. The second-order valence-corrected chi connectivity index (χ2v) is 7.14. The van der Waals surface area contributed by atoms with E-state index >= 15 is 0 Å². The third-order valence-corrected chi connectivity index (χ3v) is 4.92. The maximum Gasteiger partial charge on any atom is 0.321 e. The van der Waals surface area contributed by atoms with Crippen molar-refractivity contribution in [3.63, 3.8) is 0 Å². The molecule has 3 heteroatoms. The van der Waals surface area contributed by atoms with Crippen molar-refractivity contribution in [2.75, 3.05) is 6.61 Å². The number of hydrogen-bond donors (Lipinski definition) is 1. The van der Waals surface area contributed by atoms with Gasteiger partial charge in [-0.3, -0.25) is 4.79 Å². The molecule has 1 N–H and O–H groups in total. The van der Waals surface area contributed by atoms with Crippen LogP contribution in [0.4, 0.5) is 0 Å². The third kappa shape index (κ3) is 2.98. The second kappa shape index (κ2) is 7.01. The summed E-state index contributed by atoms with van der Waals surface area (Å²) in [6.45, 7) is 8.66. The van der Waals surface area contributed by atoms with Gasteiger partial charge in [-0.25, -0.2) is 0 Å². The van der Waals surface area contributed by atoms with E-state index in [-0.39, 0.29) is 12.0 Å². The van der Waals surface area contributed by atoms with E-state index in [9.17, 15) is 4.79 Å². The Labute approximate surface area is 150 Å². The lowest BCUT2D eigenvalue weighted by Gasteiger charge is -2.33. The van der Waals surface area contributed by atoms with Crippen LogP contribution in [-0.2, 0) is 14.9 Å². The van der Waals surface area contributed by atoms with Gasteiger partial charge in [0.15, 0.2) is 0 Å². The minimum Gasteiger partial charge on any atom is -0.465 e. The van der Waals surface area contributed by atoms with Crippen molar-refractivity contribution in [3.05, 3.63) is 59.7 Å². The number of ether oxygens (including phenoxy) is 1. The zero-order valence-electron chi connectivity index (χ0n) is 15.5. The molecule has 0 saturated heterocycles. The van der Waals surface area contributed by atoms with E-state index in [2.05, 4.69) is 50.4 Å². The zero-order chi connectivity index (χ0) is 18.0. The summed E-state index contributed by atoms with van der Waals surface area (Å²) >= 11 is 0. The van der Waals surface area contributed by atoms with Crippen LogP contribution >= 0.6 is 0 Å². The Morgan fingerprint density at radius 1 is 1.00 bits per heavy atom. The van der Waals surface area contributed by atoms with Crippen molar-refractivity contribution < 1.29 is 9.53 Å². The van der Waals surface area contributed by atoms with Crippen molar-refractivity contribution in [1.82, 2.24) is 5.32 Å². The minimum atomic E-state index is -0.746. The molecule has 0 heterocycles. The lowest BCUT2D eigenvalue weighted by Crippen LogP contribution is -2.44. The van der Waals surface area contributed by atoms with Gasteiger partial charge in [-0.2, -0.15) is 0 Å². The van der Waals surface area contributed by atoms with E-state index < -0.39 is 5.41 Å². The van der Waals surface area contributed by atoms with Crippen molar-refractivity contribution >= 4 is 5.97 Å². The molecule has 0 spiro atoms. The molecule has 0 amide bonds. The number of esters is 1. The van der Waals surface area contributed by atoms with E-state index in [4.69, 9.17) is 4.74 Å². The van der Waals surface area contributed by atoms with Crippen molar-refractivity contribution in [2.24, 2.45) is 0 Å².